The number of sulfonamides is 1. The van der Waals surface area contributed by atoms with Gasteiger partial charge in [0.2, 0.25) is 10.0 Å². The van der Waals surface area contributed by atoms with E-state index >= 15 is 0 Å². The molecule has 1 aliphatic carbocycles. The van der Waals surface area contributed by atoms with Crippen LogP contribution in [0.15, 0.2) is 29.2 Å². The molecule has 0 saturated heterocycles. The second-order valence-electron chi connectivity index (χ2n) is 5.50. The van der Waals surface area contributed by atoms with E-state index in [1.165, 1.54) is 12.8 Å². The van der Waals surface area contributed by atoms with Gasteiger partial charge in [-0.3, -0.25) is 0 Å². The summed E-state index contributed by atoms with van der Waals surface area (Å²) in [5.74, 6) is 0. The monoisotopic (exact) mass is 297 g/mol. The van der Waals surface area contributed by atoms with Crippen LogP contribution >= 0.6 is 0 Å². The molecule has 2 rings (SSSR count). The minimum Gasteiger partial charge on any atom is -0.310 e. The summed E-state index contributed by atoms with van der Waals surface area (Å²) < 4.78 is 27.0. The molecule has 0 aliphatic heterocycles. The van der Waals surface area contributed by atoms with E-state index < -0.39 is 10.0 Å². The van der Waals surface area contributed by atoms with Gasteiger partial charge in [-0.05, 0) is 44.6 Å². The first kappa shape index (κ1) is 15.4. The van der Waals surface area contributed by atoms with E-state index in [-0.39, 0.29) is 0 Å². The highest BCUT2D eigenvalue weighted by molar-refractivity contribution is 7.89. The highest BCUT2D eigenvalue weighted by atomic mass is 32.2. The quantitative estimate of drug-likeness (QED) is 0.744. The number of benzene rings is 1. The van der Waals surface area contributed by atoms with Crippen molar-refractivity contribution in [1.29, 1.82) is 0 Å². The fraction of sp³-hybridized carbons (Fsp3) is 0.571. The van der Waals surface area contributed by atoms with Crippen LogP contribution in [0.1, 0.15) is 18.4 Å². The maximum Gasteiger partial charge on any atom is 0.240 e. The number of nitrogens with zero attached hydrogens (tertiary/aromatic N) is 1. The molecular formula is C14H23N3O2S. The molecule has 0 radical (unpaired) electrons. The topological polar surface area (TPSA) is 61.4 Å². The molecule has 1 aromatic carbocycles. The van der Waals surface area contributed by atoms with E-state index in [0.29, 0.717) is 24.0 Å². The Balaban J connectivity index is 1.96. The fourth-order valence-electron chi connectivity index (χ4n) is 1.86. The Bertz CT molecular complexity index is 539. The molecule has 0 bridgehead atoms. The average Bonchev–Trinajstić information content (AvgIpc) is 3.20. The van der Waals surface area contributed by atoms with Gasteiger partial charge >= 0.3 is 0 Å². The first-order valence-electron chi connectivity index (χ1n) is 6.94. The van der Waals surface area contributed by atoms with Crippen molar-refractivity contribution in [2.75, 3.05) is 27.2 Å². The second-order valence-corrected chi connectivity index (χ2v) is 7.27. The summed E-state index contributed by atoms with van der Waals surface area (Å²) in [5.41, 5.74) is 1.01. The van der Waals surface area contributed by atoms with E-state index in [1.807, 2.05) is 25.1 Å². The van der Waals surface area contributed by atoms with E-state index in [0.717, 1.165) is 12.1 Å². The van der Waals surface area contributed by atoms with Crippen LogP contribution in [0.25, 0.3) is 0 Å². The maximum atomic E-state index is 12.2. The van der Waals surface area contributed by atoms with Gasteiger partial charge < -0.3 is 10.2 Å². The van der Waals surface area contributed by atoms with Crippen molar-refractivity contribution < 1.29 is 8.42 Å². The van der Waals surface area contributed by atoms with Crippen molar-refractivity contribution >= 4 is 10.0 Å². The predicted molar refractivity (Wildman–Crippen MR) is 80.0 cm³/mol. The smallest absolute Gasteiger partial charge is 0.240 e. The summed E-state index contributed by atoms with van der Waals surface area (Å²) in [6, 6.07) is 7.75. The van der Waals surface area contributed by atoms with Gasteiger partial charge in [0, 0.05) is 25.7 Å². The van der Waals surface area contributed by atoms with Crippen molar-refractivity contribution in [2.45, 2.75) is 30.3 Å². The summed E-state index contributed by atoms with van der Waals surface area (Å²) >= 11 is 0. The van der Waals surface area contributed by atoms with E-state index in [9.17, 15) is 8.42 Å². The molecule has 20 heavy (non-hydrogen) atoms. The predicted octanol–water partition coefficient (Wildman–Crippen LogP) is 0.779. The number of hydrogen-bond donors (Lipinski definition) is 2. The van der Waals surface area contributed by atoms with Crippen LogP contribution in [0.3, 0.4) is 0 Å². The van der Waals surface area contributed by atoms with Crippen LogP contribution in [0, 0.1) is 0 Å². The lowest BCUT2D eigenvalue weighted by Gasteiger charge is -2.11. The molecule has 6 heteroatoms. The Labute approximate surface area is 121 Å². The first-order valence-corrected chi connectivity index (χ1v) is 8.42. The van der Waals surface area contributed by atoms with Crippen LogP contribution in [0.4, 0.5) is 0 Å². The summed E-state index contributed by atoms with van der Waals surface area (Å²) in [4.78, 5) is 2.28. The first-order chi connectivity index (χ1) is 9.47. The molecule has 0 unspecified atom stereocenters. The number of nitrogens with one attached hydrogen (secondary N) is 2. The Hall–Kier alpha value is -0.950. The molecule has 112 valence electrons. The molecule has 0 atom stereocenters. The van der Waals surface area contributed by atoms with Gasteiger partial charge in [0.05, 0.1) is 4.90 Å². The molecule has 0 amide bonds. The molecule has 5 nitrogen and oxygen atoms in total. The van der Waals surface area contributed by atoms with E-state index in [2.05, 4.69) is 10.0 Å². The number of hydrogen-bond acceptors (Lipinski definition) is 4. The Kier molecular flexibility index (Phi) is 5.15. The van der Waals surface area contributed by atoms with Crippen molar-refractivity contribution in [2.24, 2.45) is 0 Å². The van der Waals surface area contributed by atoms with Gasteiger partial charge in [0.25, 0.3) is 0 Å². The van der Waals surface area contributed by atoms with Crippen molar-refractivity contribution in [1.82, 2.24) is 14.9 Å². The zero-order valence-corrected chi connectivity index (χ0v) is 12.9. The lowest BCUT2D eigenvalue weighted by atomic mass is 10.2. The summed E-state index contributed by atoms with van der Waals surface area (Å²) in [5, 5.41) is 3.39. The van der Waals surface area contributed by atoms with E-state index in [1.54, 1.807) is 18.2 Å². The summed E-state index contributed by atoms with van der Waals surface area (Å²) in [6.07, 6.45) is 2.45. The maximum absolute atomic E-state index is 12.2. The van der Waals surface area contributed by atoms with Gasteiger partial charge in [0.15, 0.2) is 0 Å². The molecule has 1 saturated carbocycles. The minimum atomic E-state index is -3.41. The minimum absolute atomic E-state index is 0.339. The lowest BCUT2D eigenvalue weighted by Crippen LogP contribution is -2.31. The molecule has 0 spiro atoms. The Morgan fingerprint density at radius 1 is 1.30 bits per heavy atom. The fourth-order valence-corrected chi connectivity index (χ4v) is 2.95. The zero-order chi connectivity index (χ0) is 14.6. The van der Waals surface area contributed by atoms with Crippen LogP contribution in [0.5, 0.6) is 0 Å². The highest BCUT2D eigenvalue weighted by Gasteiger charge is 2.20. The molecular weight excluding hydrogens is 274 g/mol. The Morgan fingerprint density at radius 3 is 2.70 bits per heavy atom. The highest BCUT2D eigenvalue weighted by Crippen LogP contribution is 2.19. The van der Waals surface area contributed by atoms with Crippen LogP contribution in [-0.2, 0) is 16.6 Å². The summed E-state index contributed by atoms with van der Waals surface area (Å²) in [6.45, 7) is 1.83. The third kappa shape index (κ3) is 4.86. The van der Waals surface area contributed by atoms with Crippen molar-refractivity contribution in [3.63, 3.8) is 0 Å². The molecule has 0 heterocycles. The Morgan fingerprint density at radius 2 is 2.05 bits per heavy atom. The zero-order valence-electron chi connectivity index (χ0n) is 12.1. The normalized spacial score (nSPS) is 15.8. The van der Waals surface area contributed by atoms with Gasteiger partial charge in [-0.1, -0.05) is 12.1 Å². The molecule has 2 N–H and O–H groups in total. The van der Waals surface area contributed by atoms with Gasteiger partial charge in [-0.15, -0.1) is 0 Å². The standard InChI is InChI=1S/C14H23N3O2S/c1-17(2)9-8-16-20(18,19)14-5-3-4-12(10-14)11-15-13-6-7-13/h3-5,10,13,15-16H,6-9,11H2,1-2H3. The molecule has 1 aromatic rings. The molecule has 1 fully saturated rings. The average molecular weight is 297 g/mol. The summed E-state index contributed by atoms with van der Waals surface area (Å²) in [7, 11) is 0.424. The van der Waals surface area contributed by atoms with Crippen LogP contribution < -0.4 is 10.0 Å². The van der Waals surface area contributed by atoms with Gasteiger partial charge in [0.1, 0.15) is 0 Å². The van der Waals surface area contributed by atoms with Gasteiger partial charge in [-0.2, -0.15) is 0 Å². The largest absolute Gasteiger partial charge is 0.310 e. The molecule has 0 aromatic heterocycles. The third-order valence-corrected chi connectivity index (χ3v) is 4.69. The molecule has 1 aliphatic rings. The SMILES string of the molecule is CN(C)CCNS(=O)(=O)c1cccc(CNC2CC2)c1. The van der Waals surface area contributed by atoms with Crippen molar-refractivity contribution in [3.05, 3.63) is 29.8 Å². The lowest BCUT2D eigenvalue weighted by molar-refractivity contribution is 0.412. The second kappa shape index (κ2) is 6.67. The van der Waals surface area contributed by atoms with Crippen molar-refractivity contribution in [3.8, 4) is 0 Å². The third-order valence-electron chi connectivity index (χ3n) is 3.23. The number of likely N-dealkylation sites (N-methyl/N-ethyl adjacent to an activating group) is 1. The van der Waals surface area contributed by atoms with Crippen LogP contribution in [0.2, 0.25) is 0 Å². The number of rotatable bonds is 8. The van der Waals surface area contributed by atoms with Crippen LogP contribution in [-0.4, -0.2) is 46.5 Å². The van der Waals surface area contributed by atoms with E-state index in [4.69, 9.17) is 0 Å². The van der Waals surface area contributed by atoms with Gasteiger partial charge in [-0.25, -0.2) is 13.1 Å².